The van der Waals surface area contributed by atoms with E-state index in [-0.39, 0.29) is 0 Å². The van der Waals surface area contributed by atoms with E-state index in [1.54, 1.807) is 51.4 Å². The molecule has 0 spiro atoms. The molecular weight excluding hydrogens is 480 g/mol. The molecule has 4 atom stereocenters. The lowest BCUT2D eigenvalue weighted by Gasteiger charge is -2.19. The van der Waals surface area contributed by atoms with Crippen molar-refractivity contribution in [1.29, 1.82) is 0 Å². The van der Waals surface area contributed by atoms with E-state index in [1.807, 2.05) is 0 Å². The molecule has 2 aliphatic rings. The van der Waals surface area contributed by atoms with E-state index in [4.69, 9.17) is 0 Å². The Morgan fingerprint density at radius 1 is 0.275 bits per heavy atom. The molecule has 0 aromatic rings. The minimum Gasteiger partial charge on any atom is -0.0654 e. The first-order chi connectivity index (χ1) is 19.8. The molecule has 0 aliphatic heterocycles. The summed E-state index contributed by atoms with van der Waals surface area (Å²) in [5.41, 5.74) is 0. The molecule has 0 heteroatoms. The second kappa shape index (κ2) is 26.6. The van der Waals surface area contributed by atoms with Crippen molar-refractivity contribution in [3.05, 3.63) is 0 Å². The van der Waals surface area contributed by atoms with E-state index in [0.717, 1.165) is 23.7 Å². The van der Waals surface area contributed by atoms with Crippen molar-refractivity contribution in [3.63, 3.8) is 0 Å². The predicted molar refractivity (Wildman–Crippen MR) is 182 cm³/mol. The third-order valence-corrected chi connectivity index (χ3v) is 11.4. The Kier molecular flexibility index (Phi) is 24.1. The zero-order valence-corrected chi connectivity index (χ0v) is 28.4. The molecule has 0 heterocycles. The average Bonchev–Trinajstić information content (AvgIpc) is 3.61. The Morgan fingerprint density at radius 3 is 0.700 bits per heavy atom. The molecule has 0 saturated heterocycles. The topological polar surface area (TPSA) is 0 Å². The zero-order valence-electron chi connectivity index (χ0n) is 28.4. The summed E-state index contributed by atoms with van der Waals surface area (Å²) in [5.74, 6) is 4.39. The molecule has 238 valence electrons. The second-order valence-electron chi connectivity index (χ2n) is 14.8. The van der Waals surface area contributed by atoms with Crippen molar-refractivity contribution in [2.75, 3.05) is 0 Å². The van der Waals surface area contributed by atoms with Gasteiger partial charge in [-0.3, -0.25) is 0 Å². The molecule has 2 aliphatic carbocycles. The Balaban J connectivity index is 1.30. The third-order valence-electron chi connectivity index (χ3n) is 11.4. The van der Waals surface area contributed by atoms with Gasteiger partial charge in [-0.2, -0.15) is 0 Å². The fraction of sp³-hybridized carbons (Fsp3) is 1.00. The summed E-state index contributed by atoms with van der Waals surface area (Å²) in [6, 6.07) is 0. The van der Waals surface area contributed by atoms with Crippen LogP contribution in [-0.4, -0.2) is 0 Å². The summed E-state index contributed by atoms with van der Waals surface area (Å²) in [6.45, 7) is 4.65. The fourth-order valence-electron chi connectivity index (χ4n) is 8.70. The summed E-state index contributed by atoms with van der Waals surface area (Å²) >= 11 is 0. The smallest absolute Gasteiger partial charge is 0.0386 e. The normalized spacial score (nSPS) is 22.9. The van der Waals surface area contributed by atoms with Crippen molar-refractivity contribution in [2.24, 2.45) is 23.7 Å². The maximum absolute atomic E-state index is 2.33. The van der Waals surface area contributed by atoms with Gasteiger partial charge in [-0.1, -0.05) is 232 Å². The first-order valence-electron chi connectivity index (χ1n) is 19.8. The van der Waals surface area contributed by atoms with Crippen molar-refractivity contribution in [1.82, 2.24) is 0 Å². The minimum atomic E-state index is 1.10. The summed E-state index contributed by atoms with van der Waals surface area (Å²) < 4.78 is 0. The molecule has 2 saturated carbocycles. The summed E-state index contributed by atoms with van der Waals surface area (Å²) in [5, 5.41) is 0. The van der Waals surface area contributed by atoms with Crippen LogP contribution in [0.5, 0.6) is 0 Å². The van der Waals surface area contributed by atoms with Crippen LogP contribution >= 0.6 is 0 Å². The van der Waals surface area contributed by atoms with Crippen molar-refractivity contribution in [2.45, 2.75) is 232 Å². The van der Waals surface area contributed by atoms with Crippen LogP contribution in [0, 0.1) is 23.7 Å². The highest BCUT2D eigenvalue weighted by molar-refractivity contribution is 4.78. The van der Waals surface area contributed by atoms with Gasteiger partial charge in [-0.15, -0.1) is 0 Å². The minimum absolute atomic E-state index is 1.10. The van der Waals surface area contributed by atoms with E-state index >= 15 is 0 Å². The van der Waals surface area contributed by atoms with Gasteiger partial charge in [-0.25, -0.2) is 0 Å². The highest BCUT2D eigenvalue weighted by Crippen LogP contribution is 2.39. The Labute approximate surface area is 255 Å². The van der Waals surface area contributed by atoms with Gasteiger partial charge >= 0.3 is 0 Å². The van der Waals surface area contributed by atoms with E-state index < -0.39 is 0 Å². The molecule has 2 fully saturated rings. The van der Waals surface area contributed by atoms with Crippen molar-refractivity contribution >= 4 is 0 Å². The van der Waals surface area contributed by atoms with Gasteiger partial charge < -0.3 is 0 Å². The third kappa shape index (κ3) is 18.5. The summed E-state index contributed by atoms with van der Waals surface area (Å²) in [4.78, 5) is 0. The fourth-order valence-corrected chi connectivity index (χ4v) is 8.70. The van der Waals surface area contributed by atoms with Gasteiger partial charge in [0, 0.05) is 0 Å². The van der Waals surface area contributed by atoms with Crippen LogP contribution in [0.15, 0.2) is 0 Å². The predicted octanol–water partition coefficient (Wildman–Crippen LogP) is 14.8. The SMILES string of the molecule is CCCCCCCC[C@H]1CCC[C@@H]1CCCCCCCCCCCCCC[C@H]1CCC[C@@H]1CCCCCCCC. The summed E-state index contributed by atoms with van der Waals surface area (Å²) in [6.07, 6.45) is 51.3. The first-order valence-corrected chi connectivity index (χ1v) is 19.8. The number of hydrogen-bond acceptors (Lipinski definition) is 0. The van der Waals surface area contributed by atoms with Crippen LogP contribution in [-0.2, 0) is 0 Å². The van der Waals surface area contributed by atoms with Crippen LogP contribution in [0.3, 0.4) is 0 Å². The molecule has 0 bridgehead atoms. The average molecular weight is 559 g/mol. The lowest BCUT2D eigenvalue weighted by molar-refractivity contribution is 0.321. The first kappa shape index (κ1) is 36.2. The van der Waals surface area contributed by atoms with E-state index in [0.29, 0.717) is 0 Å². The molecule has 0 aromatic carbocycles. The van der Waals surface area contributed by atoms with E-state index in [1.165, 1.54) is 167 Å². The Hall–Kier alpha value is 0. The molecule has 2 rings (SSSR count). The monoisotopic (exact) mass is 559 g/mol. The van der Waals surface area contributed by atoms with Gasteiger partial charge in [0.25, 0.3) is 0 Å². The van der Waals surface area contributed by atoms with E-state index in [9.17, 15) is 0 Å². The quantitative estimate of drug-likeness (QED) is 0.0801. The molecule has 0 radical (unpaired) electrons. The van der Waals surface area contributed by atoms with Gasteiger partial charge in [0.2, 0.25) is 0 Å². The number of hydrogen-bond donors (Lipinski definition) is 0. The molecule has 0 N–H and O–H groups in total. The molecule has 0 aromatic heterocycles. The van der Waals surface area contributed by atoms with Crippen LogP contribution in [0.2, 0.25) is 0 Å². The number of rotatable bonds is 29. The van der Waals surface area contributed by atoms with Gasteiger partial charge in [0.15, 0.2) is 0 Å². The Morgan fingerprint density at radius 2 is 0.475 bits per heavy atom. The molecule has 0 nitrogen and oxygen atoms in total. The largest absolute Gasteiger partial charge is 0.0654 e. The standard InChI is InChI=1S/C40H78/c1-3-5-7-9-19-23-29-37-33-27-35-39(37)31-25-21-17-15-13-11-12-14-16-18-22-26-32-40-36-28-34-38(40)30-24-20-10-8-6-4-2/h37-40H,3-36H2,1-2H3/t37-,38-,39-,40-/m0/s1. The Bertz CT molecular complexity index is 462. The molecule has 40 heavy (non-hydrogen) atoms. The molecular formula is C40H78. The van der Waals surface area contributed by atoms with Crippen molar-refractivity contribution in [3.8, 4) is 0 Å². The second-order valence-corrected chi connectivity index (χ2v) is 14.8. The molecule has 0 unspecified atom stereocenters. The zero-order chi connectivity index (χ0) is 28.4. The maximum Gasteiger partial charge on any atom is -0.0386 e. The van der Waals surface area contributed by atoms with Crippen LogP contribution < -0.4 is 0 Å². The summed E-state index contributed by atoms with van der Waals surface area (Å²) in [7, 11) is 0. The van der Waals surface area contributed by atoms with Gasteiger partial charge in [-0.05, 0) is 23.7 Å². The van der Waals surface area contributed by atoms with Gasteiger partial charge in [0.05, 0.1) is 0 Å². The number of unbranched alkanes of at least 4 members (excludes halogenated alkanes) is 21. The molecule has 0 amide bonds. The lowest BCUT2D eigenvalue weighted by atomic mass is 9.86. The van der Waals surface area contributed by atoms with E-state index in [2.05, 4.69) is 13.8 Å². The van der Waals surface area contributed by atoms with Crippen LogP contribution in [0.1, 0.15) is 232 Å². The van der Waals surface area contributed by atoms with Gasteiger partial charge in [0.1, 0.15) is 0 Å². The van der Waals surface area contributed by atoms with Crippen molar-refractivity contribution < 1.29 is 0 Å². The van der Waals surface area contributed by atoms with Crippen LogP contribution in [0.25, 0.3) is 0 Å². The van der Waals surface area contributed by atoms with Crippen LogP contribution in [0.4, 0.5) is 0 Å². The maximum atomic E-state index is 2.33. The highest BCUT2D eigenvalue weighted by Gasteiger charge is 2.26. The lowest BCUT2D eigenvalue weighted by Crippen LogP contribution is -2.08. The highest BCUT2D eigenvalue weighted by atomic mass is 14.3.